The molecule has 1 N–H and O–H groups in total. The molecule has 0 spiro atoms. The quantitative estimate of drug-likeness (QED) is 0.824. The van der Waals surface area contributed by atoms with E-state index < -0.39 is 0 Å². The normalized spacial score (nSPS) is 10.0. The molecule has 0 bridgehead atoms. The topological polar surface area (TPSA) is 73.9 Å². The second-order valence-corrected chi connectivity index (χ2v) is 5.00. The van der Waals surface area contributed by atoms with Crippen molar-refractivity contribution >= 4 is 17.4 Å². The molecular formula is C18H19NO5. The number of methoxy groups -OCH3 is 3. The van der Waals surface area contributed by atoms with Crippen LogP contribution in [0.4, 0.5) is 5.69 Å². The predicted octanol–water partition coefficient (Wildman–Crippen LogP) is 3.17. The zero-order chi connectivity index (χ0) is 17.7. The summed E-state index contributed by atoms with van der Waals surface area (Å²) in [6.07, 6.45) is 0. The largest absolute Gasteiger partial charge is 0.493 e. The second kappa shape index (κ2) is 7.50. The van der Waals surface area contributed by atoms with Gasteiger partial charge >= 0.3 is 0 Å². The molecule has 0 radical (unpaired) electrons. The van der Waals surface area contributed by atoms with Gasteiger partial charge in [0.05, 0.1) is 21.3 Å². The van der Waals surface area contributed by atoms with Gasteiger partial charge in [0.25, 0.3) is 5.91 Å². The number of anilines is 1. The van der Waals surface area contributed by atoms with Gasteiger partial charge in [0.1, 0.15) is 0 Å². The van der Waals surface area contributed by atoms with Crippen LogP contribution in [0, 0.1) is 0 Å². The lowest BCUT2D eigenvalue weighted by Gasteiger charge is -2.14. The van der Waals surface area contributed by atoms with Crippen molar-refractivity contribution < 1.29 is 23.8 Å². The minimum Gasteiger partial charge on any atom is -0.493 e. The first kappa shape index (κ1) is 17.3. The van der Waals surface area contributed by atoms with E-state index in [1.807, 2.05) is 0 Å². The molecule has 2 rings (SSSR count). The highest BCUT2D eigenvalue weighted by Gasteiger charge is 2.17. The molecule has 126 valence electrons. The summed E-state index contributed by atoms with van der Waals surface area (Å²) >= 11 is 0. The summed E-state index contributed by atoms with van der Waals surface area (Å²) in [4.78, 5) is 23.7. The van der Waals surface area contributed by atoms with Crippen molar-refractivity contribution in [3.63, 3.8) is 0 Å². The van der Waals surface area contributed by atoms with Crippen LogP contribution in [0.25, 0.3) is 0 Å². The van der Waals surface area contributed by atoms with Crippen molar-refractivity contribution in [2.24, 2.45) is 0 Å². The number of Topliss-reactive ketones (excluding diaryl/α,β-unsaturated/α-hetero) is 1. The van der Waals surface area contributed by atoms with Crippen molar-refractivity contribution in [2.75, 3.05) is 26.6 Å². The number of rotatable bonds is 6. The Hall–Kier alpha value is -3.02. The Labute approximate surface area is 140 Å². The number of nitrogens with one attached hydrogen (secondary N) is 1. The third-order valence-corrected chi connectivity index (χ3v) is 3.48. The lowest BCUT2D eigenvalue weighted by molar-refractivity contribution is 0.101. The van der Waals surface area contributed by atoms with Gasteiger partial charge in [0, 0.05) is 16.8 Å². The molecule has 0 saturated carbocycles. The van der Waals surface area contributed by atoms with E-state index >= 15 is 0 Å². The van der Waals surface area contributed by atoms with Crippen LogP contribution >= 0.6 is 0 Å². The number of hydrogen-bond acceptors (Lipinski definition) is 5. The molecule has 0 heterocycles. The summed E-state index contributed by atoms with van der Waals surface area (Å²) in [5.41, 5.74) is 1.53. The number of carbonyl (C=O) groups excluding carboxylic acids is 2. The Bertz CT molecular complexity index is 727. The van der Waals surface area contributed by atoms with E-state index in [1.54, 1.807) is 36.4 Å². The first-order chi connectivity index (χ1) is 11.5. The molecule has 0 saturated heterocycles. The monoisotopic (exact) mass is 329 g/mol. The molecule has 0 aliphatic carbocycles. The number of amides is 1. The van der Waals surface area contributed by atoms with Crippen LogP contribution in [0.5, 0.6) is 17.2 Å². The number of ether oxygens (including phenoxy) is 3. The summed E-state index contributed by atoms with van der Waals surface area (Å²) in [5, 5.41) is 2.76. The molecule has 2 aromatic carbocycles. The summed E-state index contributed by atoms with van der Waals surface area (Å²) in [7, 11) is 4.47. The lowest BCUT2D eigenvalue weighted by Crippen LogP contribution is -2.12. The van der Waals surface area contributed by atoms with Crippen molar-refractivity contribution in [3.05, 3.63) is 47.5 Å². The van der Waals surface area contributed by atoms with Crippen LogP contribution in [-0.4, -0.2) is 33.0 Å². The molecule has 0 aromatic heterocycles. The van der Waals surface area contributed by atoms with Gasteiger partial charge < -0.3 is 19.5 Å². The summed E-state index contributed by atoms with van der Waals surface area (Å²) in [5.74, 6) is 0.854. The molecule has 24 heavy (non-hydrogen) atoms. The molecule has 0 unspecified atom stereocenters. The van der Waals surface area contributed by atoms with E-state index in [0.717, 1.165) is 0 Å². The third-order valence-electron chi connectivity index (χ3n) is 3.48. The molecular weight excluding hydrogens is 310 g/mol. The fraction of sp³-hybridized carbons (Fsp3) is 0.222. The van der Waals surface area contributed by atoms with Crippen molar-refractivity contribution in [1.29, 1.82) is 0 Å². The SMILES string of the molecule is COc1cc(C(=O)Nc2ccc(C(C)=O)cc2)cc(OC)c1OC. The average Bonchev–Trinajstić information content (AvgIpc) is 2.60. The van der Waals surface area contributed by atoms with Gasteiger partial charge in [-0.2, -0.15) is 0 Å². The van der Waals surface area contributed by atoms with E-state index in [0.29, 0.717) is 34.1 Å². The zero-order valence-electron chi connectivity index (χ0n) is 14.0. The van der Waals surface area contributed by atoms with E-state index in [2.05, 4.69) is 5.32 Å². The van der Waals surface area contributed by atoms with E-state index in [1.165, 1.54) is 28.3 Å². The second-order valence-electron chi connectivity index (χ2n) is 5.00. The molecule has 0 aliphatic heterocycles. The summed E-state index contributed by atoms with van der Waals surface area (Å²) < 4.78 is 15.7. The average molecular weight is 329 g/mol. The van der Waals surface area contributed by atoms with Crippen LogP contribution in [0.1, 0.15) is 27.6 Å². The maximum absolute atomic E-state index is 12.4. The molecule has 6 nitrogen and oxygen atoms in total. The van der Waals surface area contributed by atoms with Crippen LogP contribution < -0.4 is 19.5 Å². The maximum Gasteiger partial charge on any atom is 0.255 e. The fourth-order valence-corrected chi connectivity index (χ4v) is 2.20. The van der Waals surface area contributed by atoms with Crippen LogP contribution in [0.2, 0.25) is 0 Å². The van der Waals surface area contributed by atoms with Crippen LogP contribution in [-0.2, 0) is 0 Å². The predicted molar refractivity (Wildman–Crippen MR) is 90.5 cm³/mol. The fourth-order valence-electron chi connectivity index (χ4n) is 2.20. The molecule has 0 atom stereocenters. The van der Waals surface area contributed by atoms with Gasteiger partial charge in [0.15, 0.2) is 17.3 Å². The molecule has 0 fully saturated rings. The third kappa shape index (κ3) is 3.65. The van der Waals surface area contributed by atoms with Crippen molar-refractivity contribution in [2.45, 2.75) is 6.92 Å². The van der Waals surface area contributed by atoms with Crippen LogP contribution in [0.15, 0.2) is 36.4 Å². The standard InChI is InChI=1S/C18H19NO5/c1-11(20)12-5-7-14(8-6-12)19-18(21)13-9-15(22-2)17(24-4)16(10-13)23-3/h5-10H,1-4H3,(H,19,21). The van der Waals surface area contributed by atoms with Gasteiger partial charge in [0.2, 0.25) is 5.75 Å². The zero-order valence-corrected chi connectivity index (χ0v) is 14.0. The lowest BCUT2D eigenvalue weighted by atomic mass is 10.1. The number of ketones is 1. The van der Waals surface area contributed by atoms with E-state index in [9.17, 15) is 9.59 Å². The number of benzene rings is 2. The summed E-state index contributed by atoms with van der Waals surface area (Å²) in [6.45, 7) is 1.49. The molecule has 6 heteroatoms. The van der Waals surface area contributed by atoms with Gasteiger partial charge in [-0.1, -0.05) is 0 Å². The molecule has 1 amide bonds. The Balaban J connectivity index is 2.27. The van der Waals surface area contributed by atoms with Crippen molar-refractivity contribution in [3.8, 4) is 17.2 Å². The minimum atomic E-state index is -0.329. The maximum atomic E-state index is 12.4. The molecule has 2 aromatic rings. The highest BCUT2D eigenvalue weighted by molar-refractivity contribution is 6.05. The Morgan fingerprint density at radius 1 is 0.833 bits per heavy atom. The number of hydrogen-bond donors (Lipinski definition) is 1. The Morgan fingerprint density at radius 3 is 1.79 bits per heavy atom. The number of carbonyl (C=O) groups is 2. The van der Waals surface area contributed by atoms with E-state index in [4.69, 9.17) is 14.2 Å². The highest BCUT2D eigenvalue weighted by Crippen LogP contribution is 2.38. The van der Waals surface area contributed by atoms with Gasteiger partial charge in [-0.3, -0.25) is 9.59 Å². The molecule has 0 aliphatic rings. The minimum absolute atomic E-state index is 0.0301. The van der Waals surface area contributed by atoms with Gasteiger partial charge in [-0.25, -0.2) is 0 Å². The Kier molecular flexibility index (Phi) is 5.42. The van der Waals surface area contributed by atoms with Gasteiger partial charge in [-0.05, 0) is 43.3 Å². The van der Waals surface area contributed by atoms with Gasteiger partial charge in [-0.15, -0.1) is 0 Å². The Morgan fingerprint density at radius 2 is 1.38 bits per heavy atom. The highest BCUT2D eigenvalue weighted by atomic mass is 16.5. The summed E-state index contributed by atoms with van der Waals surface area (Å²) in [6, 6.07) is 9.81. The van der Waals surface area contributed by atoms with Crippen molar-refractivity contribution in [1.82, 2.24) is 0 Å². The first-order valence-electron chi connectivity index (χ1n) is 7.22. The van der Waals surface area contributed by atoms with Crippen LogP contribution in [0.3, 0.4) is 0 Å². The smallest absolute Gasteiger partial charge is 0.255 e. The first-order valence-corrected chi connectivity index (χ1v) is 7.22. The van der Waals surface area contributed by atoms with E-state index in [-0.39, 0.29) is 11.7 Å².